The number of carbonyl (C=O) groups excluding carboxylic acids is 1. The van der Waals surface area contributed by atoms with Crippen molar-refractivity contribution in [3.05, 3.63) is 64.4 Å². The van der Waals surface area contributed by atoms with Gasteiger partial charge < -0.3 is 5.32 Å². The maximum absolute atomic E-state index is 13.1. The molecule has 0 heterocycles. The molecule has 0 radical (unpaired) electrons. The van der Waals surface area contributed by atoms with E-state index in [4.69, 9.17) is 0 Å². The Labute approximate surface area is 171 Å². The van der Waals surface area contributed by atoms with Crippen LogP contribution in [0.5, 0.6) is 0 Å². The molecule has 0 fully saturated rings. The second kappa shape index (κ2) is 8.41. The highest BCUT2D eigenvalue weighted by Gasteiger charge is 2.29. The fourth-order valence-corrected chi connectivity index (χ4v) is 6.09. The topological polar surface area (TPSA) is 101 Å². The number of carbonyl (C=O) groups is 1. The first-order valence-corrected chi connectivity index (χ1v) is 12.1. The molecule has 2 rings (SSSR count). The average molecular weight is 491 g/mol. The fourth-order valence-electron chi connectivity index (χ4n) is 2.30. The lowest BCUT2D eigenvalue weighted by Gasteiger charge is -2.21. The van der Waals surface area contributed by atoms with Crippen LogP contribution in [0, 0.1) is 5.82 Å². The molecule has 11 heteroatoms. The Morgan fingerprint density at radius 2 is 1.71 bits per heavy atom. The minimum absolute atomic E-state index is 0.113. The van der Waals surface area contributed by atoms with E-state index >= 15 is 0 Å². The van der Waals surface area contributed by atoms with Gasteiger partial charge in [-0.3, -0.25) is 4.79 Å². The summed E-state index contributed by atoms with van der Waals surface area (Å²) in [5.41, 5.74) is 0.688. The van der Waals surface area contributed by atoms with E-state index in [9.17, 15) is 26.0 Å². The summed E-state index contributed by atoms with van der Waals surface area (Å²) < 4.78 is 61.0. The van der Waals surface area contributed by atoms with Gasteiger partial charge in [-0.25, -0.2) is 21.2 Å². The van der Waals surface area contributed by atoms with Crippen molar-refractivity contribution in [2.45, 2.75) is 0 Å². The maximum atomic E-state index is 13.1. The van der Waals surface area contributed by atoms with Crippen LogP contribution in [0.15, 0.2) is 53.0 Å². The smallest absolute Gasteiger partial charge is 0.248 e. The van der Waals surface area contributed by atoms with E-state index in [2.05, 4.69) is 21.2 Å². The van der Waals surface area contributed by atoms with Gasteiger partial charge in [0.25, 0.3) is 0 Å². The van der Waals surface area contributed by atoms with Crippen LogP contribution in [0.3, 0.4) is 0 Å². The van der Waals surface area contributed by atoms with Crippen molar-refractivity contribution in [3.8, 4) is 0 Å². The Balaban J connectivity index is 2.23. The van der Waals surface area contributed by atoms with Crippen molar-refractivity contribution < 1.29 is 26.0 Å². The molecule has 28 heavy (non-hydrogen) atoms. The first kappa shape index (κ1) is 22.1. The number of amides is 1. The monoisotopic (exact) mass is 490 g/mol. The highest BCUT2D eigenvalue weighted by atomic mass is 79.9. The molecule has 7 nitrogen and oxygen atoms in total. The number of anilines is 2. The molecule has 0 bridgehead atoms. The van der Waals surface area contributed by atoms with Gasteiger partial charge in [-0.2, -0.15) is 3.71 Å². The molecule has 0 aliphatic carbocycles. The first-order valence-electron chi connectivity index (χ1n) is 7.62. The number of hydrogen-bond donors (Lipinski definition) is 1. The number of hydrogen-bond acceptors (Lipinski definition) is 5. The zero-order valence-corrected chi connectivity index (χ0v) is 18.0. The summed E-state index contributed by atoms with van der Waals surface area (Å²) in [7, 11) is -8.18. The van der Waals surface area contributed by atoms with E-state index in [-0.39, 0.29) is 10.2 Å². The Hall–Kier alpha value is -2.24. The van der Waals surface area contributed by atoms with Gasteiger partial charge in [-0.15, -0.1) is 0 Å². The number of sulfonamides is 2. The molecule has 150 valence electrons. The Morgan fingerprint density at radius 1 is 1.07 bits per heavy atom. The third-order valence-electron chi connectivity index (χ3n) is 3.29. The third-order valence-corrected chi connectivity index (χ3v) is 7.15. The number of benzene rings is 2. The van der Waals surface area contributed by atoms with Crippen LogP contribution in [0.1, 0.15) is 5.56 Å². The molecule has 0 aliphatic rings. The largest absolute Gasteiger partial charge is 0.322 e. The lowest BCUT2D eigenvalue weighted by atomic mass is 10.2. The van der Waals surface area contributed by atoms with Crippen LogP contribution in [0.25, 0.3) is 6.08 Å². The van der Waals surface area contributed by atoms with Crippen molar-refractivity contribution >= 4 is 59.3 Å². The molecule has 2 aromatic rings. The van der Waals surface area contributed by atoms with Gasteiger partial charge in [0, 0.05) is 16.2 Å². The van der Waals surface area contributed by atoms with Gasteiger partial charge in [-0.05, 0) is 57.9 Å². The van der Waals surface area contributed by atoms with Gasteiger partial charge in [-0.1, -0.05) is 12.1 Å². The van der Waals surface area contributed by atoms with Gasteiger partial charge in [0.1, 0.15) is 5.82 Å². The molecule has 1 N–H and O–H groups in total. The number of rotatable bonds is 6. The molecule has 0 saturated carbocycles. The quantitative estimate of drug-likeness (QED) is 0.627. The predicted octanol–water partition coefficient (Wildman–Crippen LogP) is 2.97. The molecule has 0 aliphatic heterocycles. The summed E-state index contributed by atoms with van der Waals surface area (Å²) in [4.78, 5) is 12.0. The van der Waals surface area contributed by atoms with Crippen molar-refractivity contribution in [1.29, 1.82) is 0 Å². The fraction of sp³-hybridized carbons (Fsp3) is 0.118. The molecule has 1 amide bonds. The van der Waals surface area contributed by atoms with E-state index in [1.54, 1.807) is 6.07 Å². The molecule has 0 saturated heterocycles. The zero-order valence-electron chi connectivity index (χ0n) is 14.8. The molecule has 0 aromatic heterocycles. The molecule has 0 unspecified atom stereocenters. The van der Waals surface area contributed by atoms with E-state index in [0.717, 1.165) is 12.5 Å². The van der Waals surface area contributed by atoms with E-state index in [0.29, 0.717) is 15.0 Å². The van der Waals surface area contributed by atoms with Crippen molar-refractivity contribution in [1.82, 2.24) is 0 Å². The van der Waals surface area contributed by atoms with Crippen LogP contribution in [0.4, 0.5) is 15.8 Å². The van der Waals surface area contributed by atoms with Crippen LogP contribution in [-0.4, -0.2) is 35.3 Å². The maximum Gasteiger partial charge on any atom is 0.248 e. The number of nitrogens with zero attached hydrogens (tertiary/aromatic N) is 1. The van der Waals surface area contributed by atoms with Gasteiger partial charge in [0.2, 0.25) is 26.0 Å². The second-order valence-electron chi connectivity index (χ2n) is 5.77. The minimum atomic E-state index is -4.09. The number of halogens is 2. The summed E-state index contributed by atoms with van der Waals surface area (Å²) in [6.07, 6.45) is 4.17. The average Bonchev–Trinajstić information content (AvgIpc) is 2.53. The molecular formula is C17H16BrFN2O5S2. The third kappa shape index (κ3) is 5.88. The van der Waals surface area contributed by atoms with Crippen LogP contribution >= 0.6 is 15.9 Å². The Bertz CT molecular complexity index is 1120. The zero-order chi connectivity index (χ0) is 21.1. The van der Waals surface area contributed by atoms with Crippen LogP contribution in [-0.2, 0) is 24.8 Å². The normalized spacial score (nSPS) is 12.1. The molecular weight excluding hydrogens is 475 g/mol. The van der Waals surface area contributed by atoms with Crippen molar-refractivity contribution in [2.24, 2.45) is 0 Å². The lowest BCUT2D eigenvalue weighted by Crippen LogP contribution is -2.35. The van der Waals surface area contributed by atoms with Crippen molar-refractivity contribution in [3.63, 3.8) is 0 Å². The highest BCUT2D eigenvalue weighted by Crippen LogP contribution is 2.32. The summed E-state index contributed by atoms with van der Waals surface area (Å²) in [5.74, 6) is -0.935. The first-order chi connectivity index (χ1) is 12.9. The van der Waals surface area contributed by atoms with Crippen molar-refractivity contribution in [2.75, 3.05) is 21.5 Å². The SMILES string of the molecule is CS(=O)(=O)N(c1ccc(NC(=O)/C=C/c2cccc(F)c2)cc1Br)S(C)(=O)=O. The summed E-state index contributed by atoms with van der Waals surface area (Å²) >= 11 is 3.12. The predicted molar refractivity (Wildman–Crippen MR) is 110 cm³/mol. The highest BCUT2D eigenvalue weighted by molar-refractivity contribution is 9.10. The van der Waals surface area contributed by atoms with Gasteiger partial charge in [0.15, 0.2) is 0 Å². The minimum Gasteiger partial charge on any atom is -0.322 e. The Kier molecular flexibility index (Phi) is 6.63. The van der Waals surface area contributed by atoms with Crippen LogP contribution < -0.4 is 9.03 Å². The second-order valence-corrected chi connectivity index (χ2v) is 10.5. The summed E-state index contributed by atoms with van der Waals surface area (Å²) in [6, 6.07) is 9.66. The standard InChI is InChI=1S/C17H16BrFN2O5S2/c1-27(23,24)21(28(2,25)26)16-8-7-14(11-15(16)18)20-17(22)9-6-12-4-3-5-13(19)10-12/h3-11H,1-2H3,(H,20,22)/b9-6+. The lowest BCUT2D eigenvalue weighted by molar-refractivity contribution is -0.111. The Morgan fingerprint density at radius 3 is 2.25 bits per heavy atom. The molecule has 2 aromatic carbocycles. The summed E-state index contributed by atoms with van der Waals surface area (Å²) in [6.45, 7) is 0. The van der Waals surface area contributed by atoms with E-state index in [1.807, 2.05) is 0 Å². The van der Waals surface area contributed by atoms with E-state index < -0.39 is 31.8 Å². The van der Waals surface area contributed by atoms with Gasteiger partial charge >= 0.3 is 0 Å². The number of nitrogens with one attached hydrogen (secondary N) is 1. The van der Waals surface area contributed by atoms with Crippen LogP contribution in [0.2, 0.25) is 0 Å². The molecule has 0 atom stereocenters. The van der Waals surface area contributed by atoms with Gasteiger partial charge in [0.05, 0.1) is 18.2 Å². The summed E-state index contributed by atoms with van der Waals surface area (Å²) in [5, 5.41) is 2.54. The van der Waals surface area contributed by atoms with E-state index in [1.165, 1.54) is 48.6 Å². The molecule has 0 spiro atoms.